The highest BCUT2D eigenvalue weighted by molar-refractivity contribution is 7.99. The van der Waals surface area contributed by atoms with Gasteiger partial charge in [0.2, 0.25) is 0 Å². The summed E-state index contributed by atoms with van der Waals surface area (Å²) in [5.74, 6) is 2.24. The molecule has 1 aliphatic rings. The summed E-state index contributed by atoms with van der Waals surface area (Å²) >= 11 is 3.17. The van der Waals surface area contributed by atoms with Gasteiger partial charge in [-0.25, -0.2) is 4.98 Å². The Bertz CT molecular complexity index is 1330. The standard InChI is InChI=1S/C23H24N4O3S2/c1-4-19-24-22-20(14-7-5-6-8-18(14)32-22)21-25-26-23(27(19)21)31-12-16(28)15-11-13(29-2)9-10-17(15)30-3/h9-11H,4-8,12H2,1-3H3. The van der Waals surface area contributed by atoms with Crippen LogP contribution in [0.1, 0.15) is 46.4 Å². The lowest BCUT2D eigenvalue weighted by Gasteiger charge is -2.11. The van der Waals surface area contributed by atoms with Crippen LogP contribution >= 0.6 is 23.1 Å². The predicted molar refractivity (Wildman–Crippen MR) is 127 cm³/mol. The molecule has 4 aromatic rings. The van der Waals surface area contributed by atoms with Crippen LogP contribution in [0.25, 0.3) is 15.9 Å². The number of ether oxygens (including phenoxy) is 2. The molecule has 3 aromatic heterocycles. The fourth-order valence-electron chi connectivity index (χ4n) is 4.26. The second-order valence-corrected chi connectivity index (χ2v) is 9.72. The fraction of sp³-hybridized carbons (Fsp3) is 0.391. The number of ketones is 1. The number of thiophene rings is 1. The molecule has 1 aromatic carbocycles. The Morgan fingerprint density at radius 1 is 1.19 bits per heavy atom. The number of aryl methyl sites for hydroxylation is 3. The van der Waals surface area contributed by atoms with E-state index in [1.54, 1.807) is 43.8 Å². The molecule has 3 heterocycles. The third-order valence-corrected chi connectivity index (χ3v) is 7.97. The predicted octanol–water partition coefficient (Wildman–Crippen LogP) is 4.77. The van der Waals surface area contributed by atoms with E-state index in [4.69, 9.17) is 14.5 Å². The van der Waals surface area contributed by atoms with Crippen LogP contribution in [0, 0.1) is 0 Å². The molecule has 0 saturated carbocycles. The minimum absolute atomic E-state index is 0.0532. The van der Waals surface area contributed by atoms with Crippen molar-refractivity contribution >= 4 is 44.7 Å². The van der Waals surface area contributed by atoms with Crippen molar-refractivity contribution in [3.05, 3.63) is 40.0 Å². The maximum atomic E-state index is 13.0. The quantitative estimate of drug-likeness (QED) is 0.285. The number of fused-ring (bicyclic) bond motifs is 5. The Balaban J connectivity index is 1.51. The van der Waals surface area contributed by atoms with E-state index in [2.05, 4.69) is 17.1 Å². The van der Waals surface area contributed by atoms with Crippen molar-refractivity contribution in [2.75, 3.05) is 20.0 Å². The van der Waals surface area contributed by atoms with Gasteiger partial charge in [-0.3, -0.25) is 9.20 Å². The summed E-state index contributed by atoms with van der Waals surface area (Å²) in [6.45, 7) is 2.09. The van der Waals surface area contributed by atoms with Crippen molar-refractivity contribution < 1.29 is 14.3 Å². The van der Waals surface area contributed by atoms with Gasteiger partial charge in [-0.05, 0) is 49.4 Å². The molecule has 7 nitrogen and oxygen atoms in total. The lowest BCUT2D eigenvalue weighted by molar-refractivity contribution is 0.101. The Morgan fingerprint density at radius 3 is 2.81 bits per heavy atom. The molecule has 0 N–H and O–H groups in total. The van der Waals surface area contributed by atoms with Crippen molar-refractivity contribution in [2.45, 2.75) is 44.2 Å². The topological polar surface area (TPSA) is 78.6 Å². The fourth-order valence-corrected chi connectivity index (χ4v) is 6.37. The van der Waals surface area contributed by atoms with Crippen LogP contribution in [0.3, 0.4) is 0 Å². The normalized spacial score (nSPS) is 13.5. The maximum Gasteiger partial charge on any atom is 0.197 e. The minimum atomic E-state index is -0.0532. The Hall–Kier alpha value is -2.65. The van der Waals surface area contributed by atoms with Crippen LogP contribution in [0.2, 0.25) is 0 Å². The number of carbonyl (C=O) groups excluding carboxylic acids is 1. The molecule has 0 radical (unpaired) electrons. The summed E-state index contributed by atoms with van der Waals surface area (Å²) in [7, 11) is 3.14. The minimum Gasteiger partial charge on any atom is -0.497 e. The highest BCUT2D eigenvalue weighted by Gasteiger charge is 2.24. The monoisotopic (exact) mass is 468 g/mol. The number of hydrogen-bond donors (Lipinski definition) is 0. The molecule has 0 bridgehead atoms. The van der Waals surface area contributed by atoms with E-state index in [1.807, 2.05) is 4.40 Å². The number of Topliss-reactive ketones (excluding diaryl/α,β-unsaturated/α-hetero) is 1. The first-order valence-electron chi connectivity index (χ1n) is 10.7. The van der Waals surface area contributed by atoms with Gasteiger partial charge in [0.05, 0.1) is 30.9 Å². The number of nitrogens with zero attached hydrogens (tertiary/aromatic N) is 4. The second-order valence-electron chi connectivity index (χ2n) is 7.69. The van der Waals surface area contributed by atoms with Crippen LogP contribution in [0.5, 0.6) is 11.5 Å². The molecular weight excluding hydrogens is 444 g/mol. The summed E-state index contributed by atoms with van der Waals surface area (Å²) in [6, 6.07) is 5.24. The van der Waals surface area contributed by atoms with E-state index >= 15 is 0 Å². The second kappa shape index (κ2) is 8.71. The van der Waals surface area contributed by atoms with Gasteiger partial charge in [0.25, 0.3) is 0 Å². The zero-order chi connectivity index (χ0) is 22.2. The van der Waals surface area contributed by atoms with E-state index in [-0.39, 0.29) is 11.5 Å². The molecule has 0 amide bonds. The number of thioether (sulfide) groups is 1. The van der Waals surface area contributed by atoms with Crippen molar-refractivity contribution in [3.63, 3.8) is 0 Å². The average Bonchev–Trinajstić information content (AvgIpc) is 3.42. The molecule has 5 rings (SSSR count). The maximum absolute atomic E-state index is 13.0. The molecule has 0 fully saturated rings. The summed E-state index contributed by atoms with van der Waals surface area (Å²) < 4.78 is 12.7. The van der Waals surface area contributed by atoms with E-state index in [1.165, 1.54) is 35.0 Å². The van der Waals surface area contributed by atoms with E-state index in [0.29, 0.717) is 22.2 Å². The summed E-state index contributed by atoms with van der Waals surface area (Å²) in [5.41, 5.74) is 2.74. The highest BCUT2D eigenvalue weighted by Crippen LogP contribution is 2.38. The lowest BCUT2D eigenvalue weighted by atomic mass is 9.97. The molecule has 0 aliphatic heterocycles. The van der Waals surface area contributed by atoms with Crippen LogP contribution in [0.15, 0.2) is 23.4 Å². The smallest absolute Gasteiger partial charge is 0.197 e. The van der Waals surface area contributed by atoms with Crippen LogP contribution < -0.4 is 9.47 Å². The van der Waals surface area contributed by atoms with Gasteiger partial charge in [-0.1, -0.05) is 18.7 Å². The third-order valence-electron chi connectivity index (χ3n) is 5.85. The molecule has 9 heteroatoms. The summed E-state index contributed by atoms with van der Waals surface area (Å²) in [5, 5.41) is 10.8. The SMILES string of the molecule is CCc1nc2sc3c(c2c2nnc(SCC(=O)c4cc(OC)ccc4OC)n12)CCCC3. The molecule has 0 unspecified atom stereocenters. The molecule has 0 saturated heterocycles. The van der Waals surface area contributed by atoms with Gasteiger partial charge in [-0.15, -0.1) is 21.5 Å². The van der Waals surface area contributed by atoms with Crippen molar-refractivity contribution in [1.82, 2.24) is 19.6 Å². The first-order valence-corrected chi connectivity index (χ1v) is 12.5. The Morgan fingerprint density at radius 2 is 2.03 bits per heavy atom. The number of methoxy groups -OCH3 is 2. The van der Waals surface area contributed by atoms with Crippen molar-refractivity contribution in [3.8, 4) is 11.5 Å². The Labute approximate surface area is 194 Å². The van der Waals surface area contributed by atoms with Crippen molar-refractivity contribution in [1.29, 1.82) is 0 Å². The number of benzene rings is 1. The summed E-state index contributed by atoms with van der Waals surface area (Å²) in [6.07, 6.45) is 5.39. The Kier molecular flexibility index (Phi) is 5.77. The largest absolute Gasteiger partial charge is 0.497 e. The van der Waals surface area contributed by atoms with Gasteiger partial charge in [0.15, 0.2) is 16.6 Å². The van der Waals surface area contributed by atoms with E-state index in [0.717, 1.165) is 41.0 Å². The number of aromatic nitrogens is 4. The third kappa shape index (κ3) is 3.53. The zero-order valence-corrected chi connectivity index (χ0v) is 19.9. The van der Waals surface area contributed by atoms with Gasteiger partial charge in [-0.2, -0.15) is 0 Å². The number of carbonyl (C=O) groups is 1. The molecule has 166 valence electrons. The first-order chi connectivity index (χ1) is 15.6. The average molecular weight is 469 g/mol. The summed E-state index contributed by atoms with van der Waals surface area (Å²) in [4.78, 5) is 20.5. The molecule has 32 heavy (non-hydrogen) atoms. The van der Waals surface area contributed by atoms with E-state index < -0.39 is 0 Å². The number of hydrogen-bond acceptors (Lipinski definition) is 8. The van der Waals surface area contributed by atoms with Crippen molar-refractivity contribution in [2.24, 2.45) is 0 Å². The molecule has 0 atom stereocenters. The van der Waals surface area contributed by atoms with Gasteiger partial charge in [0, 0.05) is 11.3 Å². The van der Waals surface area contributed by atoms with Crippen LogP contribution in [-0.2, 0) is 19.3 Å². The van der Waals surface area contributed by atoms with Gasteiger partial charge in [0.1, 0.15) is 22.2 Å². The number of rotatable bonds is 7. The van der Waals surface area contributed by atoms with E-state index in [9.17, 15) is 4.79 Å². The van der Waals surface area contributed by atoms with Gasteiger partial charge >= 0.3 is 0 Å². The molecule has 1 aliphatic carbocycles. The zero-order valence-electron chi connectivity index (χ0n) is 18.3. The van der Waals surface area contributed by atoms with Gasteiger partial charge < -0.3 is 9.47 Å². The van der Waals surface area contributed by atoms with Crippen LogP contribution in [0.4, 0.5) is 0 Å². The molecule has 0 spiro atoms. The highest BCUT2D eigenvalue weighted by atomic mass is 32.2. The molecular formula is C23H24N4O3S2. The van der Waals surface area contributed by atoms with Crippen LogP contribution in [-0.4, -0.2) is 45.3 Å². The first kappa shape index (κ1) is 21.2. The lowest BCUT2D eigenvalue weighted by Crippen LogP contribution is -2.07.